The van der Waals surface area contributed by atoms with Crippen LogP contribution in [0.25, 0.3) is 0 Å². The third-order valence-electron chi connectivity index (χ3n) is 3.14. The molecular weight excluding hydrogens is 255 g/mol. The molecule has 1 aromatic carbocycles. The molecule has 0 amide bonds. The highest BCUT2D eigenvalue weighted by molar-refractivity contribution is 6.42. The normalized spacial score (nSPS) is 18.6. The molecule has 0 bridgehead atoms. The summed E-state index contributed by atoms with van der Waals surface area (Å²) in [6.45, 7) is 1.97. The number of rotatable bonds is 2. The molecule has 90 valence electrons. The number of hydrogen-bond donors (Lipinski definition) is 0. The van der Waals surface area contributed by atoms with Gasteiger partial charge in [0.15, 0.2) is 0 Å². The summed E-state index contributed by atoms with van der Waals surface area (Å²) < 4.78 is 0. The third kappa shape index (κ3) is 2.93. The van der Waals surface area contributed by atoms with E-state index in [9.17, 15) is 5.26 Å². The first-order chi connectivity index (χ1) is 8.22. The van der Waals surface area contributed by atoms with Crippen molar-refractivity contribution in [1.29, 1.82) is 5.26 Å². The Morgan fingerprint density at radius 1 is 1.12 bits per heavy atom. The monoisotopic (exact) mass is 268 g/mol. The van der Waals surface area contributed by atoms with E-state index >= 15 is 0 Å². The zero-order chi connectivity index (χ0) is 12.3. The van der Waals surface area contributed by atoms with Crippen LogP contribution in [0.4, 0.5) is 0 Å². The zero-order valence-electron chi connectivity index (χ0n) is 9.50. The van der Waals surface area contributed by atoms with Crippen LogP contribution in [0.5, 0.6) is 0 Å². The summed E-state index contributed by atoms with van der Waals surface area (Å²) in [4.78, 5) is 2.21. The molecule has 0 radical (unpaired) electrons. The van der Waals surface area contributed by atoms with Crippen molar-refractivity contribution in [2.24, 2.45) is 0 Å². The molecule has 0 unspecified atom stereocenters. The van der Waals surface area contributed by atoms with Gasteiger partial charge >= 0.3 is 0 Å². The molecule has 0 N–H and O–H groups in total. The van der Waals surface area contributed by atoms with Gasteiger partial charge in [0.1, 0.15) is 6.04 Å². The first-order valence-corrected chi connectivity index (χ1v) is 6.56. The van der Waals surface area contributed by atoms with E-state index in [1.165, 1.54) is 19.3 Å². The molecule has 1 heterocycles. The Labute approximate surface area is 112 Å². The number of likely N-dealkylation sites (tertiary alicyclic amines) is 1. The summed E-state index contributed by atoms with van der Waals surface area (Å²) >= 11 is 11.9. The quantitative estimate of drug-likeness (QED) is 0.810. The van der Waals surface area contributed by atoms with E-state index in [2.05, 4.69) is 11.0 Å². The van der Waals surface area contributed by atoms with E-state index in [0.717, 1.165) is 18.7 Å². The van der Waals surface area contributed by atoms with Crippen molar-refractivity contribution in [3.8, 4) is 6.07 Å². The molecule has 1 aliphatic heterocycles. The van der Waals surface area contributed by atoms with Crippen LogP contribution in [0.1, 0.15) is 30.9 Å². The second-order valence-corrected chi connectivity index (χ2v) is 5.12. The lowest BCUT2D eigenvalue weighted by atomic mass is 10.0. The van der Waals surface area contributed by atoms with Gasteiger partial charge in [-0.3, -0.25) is 4.90 Å². The Morgan fingerprint density at radius 3 is 2.41 bits per heavy atom. The van der Waals surface area contributed by atoms with Crippen LogP contribution in [-0.4, -0.2) is 18.0 Å². The van der Waals surface area contributed by atoms with Crippen LogP contribution in [0, 0.1) is 11.3 Å². The van der Waals surface area contributed by atoms with Crippen molar-refractivity contribution in [2.75, 3.05) is 13.1 Å². The molecule has 1 atom stereocenters. The minimum atomic E-state index is -0.204. The molecule has 1 aliphatic rings. The smallest absolute Gasteiger partial charge is 0.123 e. The van der Waals surface area contributed by atoms with Gasteiger partial charge in [-0.1, -0.05) is 35.7 Å². The lowest BCUT2D eigenvalue weighted by Gasteiger charge is -2.30. The van der Waals surface area contributed by atoms with Crippen molar-refractivity contribution in [1.82, 2.24) is 4.90 Å². The topological polar surface area (TPSA) is 27.0 Å². The summed E-state index contributed by atoms with van der Waals surface area (Å²) in [5.41, 5.74) is 0.934. The molecule has 0 spiro atoms. The average molecular weight is 269 g/mol. The fraction of sp³-hybridized carbons (Fsp3) is 0.462. The van der Waals surface area contributed by atoms with E-state index in [1.54, 1.807) is 12.1 Å². The highest BCUT2D eigenvalue weighted by atomic mass is 35.5. The second kappa shape index (κ2) is 5.73. The van der Waals surface area contributed by atoms with Crippen molar-refractivity contribution >= 4 is 23.2 Å². The molecule has 0 aromatic heterocycles. The molecule has 4 heteroatoms. The van der Waals surface area contributed by atoms with Crippen LogP contribution < -0.4 is 0 Å². The summed E-state index contributed by atoms with van der Waals surface area (Å²) in [5, 5.41) is 10.4. The number of hydrogen-bond acceptors (Lipinski definition) is 2. The first kappa shape index (κ1) is 12.7. The van der Waals surface area contributed by atoms with Crippen molar-refractivity contribution in [3.63, 3.8) is 0 Å². The van der Waals surface area contributed by atoms with Crippen molar-refractivity contribution < 1.29 is 0 Å². The van der Waals surface area contributed by atoms with Gasteiger partial charge < -0.3 is 0 Å². The summed E-state index contributed by atoms with van der Waals surface area (Å²) in [7, 11) is 0. The lowest BCUT2D eigenvalue weighted by molar-refractivity contribution is 0.196. The predicted molar refractivity (Wildman–Crippen MR) is 70.2 cm³/mol. The zero-order valence-corrected chi connectivity index (χ0v) is 11.0. The fourth-order valence-electron chi connectivity index (χ4n) is 2.23. The maximum atomic E-state index is 9.32. The molecule has 1 fully saturated rings. The van der Waals surface area contributed by atoms with Gasteiger partial charge in [0.2, 0.25) is 0 Å². The highest BCUT2D eigenvalue weighted by Crippen LogP contribution is 2.29. The Balaban J connectivity index is 2.22. The molecule has 1 aromatic rings. The first-order valence-electron chi connectivity index (χ1n) is 5.81. The molecular formula is C13H14Cl2N2. The molecule has 2 rings (SSSR count). The van der Waals surface area contributed by atoms with Crippen LogP contribution in [0.3, 0.4) is 0 Å². The summed E-state index contributed by atoms with van der Waals surface area (Å²) in [6, 6.07) is 7.60. The predicted octanol–water partition coefficient (Wildman–Crippen LogP) is 4.04. The van der Waals surface area contributed by atoms with Crippen LogP contribution in [0.2, 0.25) is 10.0 Å². The number of nitriles is 1. The van der Waals surface area contributed by atoms with E-state index in [-0.39, 0.29) is 6.04 Å². The maximum Gasteiger partial charge on any atom is 0.123 e. The molecule has 0 aliphatic carbocycles. The van der Waals surface area contributed by atoms with Gasteiger partial charge in [-0.2, -0.15) is 5.26 Å². The van der Waals surface area contributed by atoms with Crippen molar-refractivity contribution in [2.45, 2.75) is 25.3 Å². The maximum absolute atomic E-state index is 9.32. The van der Waals surface area contributed by atoms with E-state index in [4.69, 9.17) is 23.2 Å². The second-order valence-electron chi connectivity index (χ2n) is 4.30. The number of halogens is 2. The Kier molecular flexibility index (Phi) is 4.28. The Hall–Kier alpha value is -0.750. The summed E-state index contributed by atoms with van der Waals surface area (Å²) in [5.74, 6) is 0. The van der Waals surface area contributed by atoms with E-state index in [0.29, 0.717) is 10.0 Å². The number of benzene rings is 1. The fourth-order valence-corrected chi connectivity index (χ4v) is 2.53. The minimum Gasteiger partial charge on any atom is -0.284 e. The van der Waals surface area contributed by atoms with E-state index < -0.39 is 0 Å². The number of nitrogens with zero attached hydrogens (tertiary/aromatic N) is 2. The van der Waals surface area contributed by atoms with Crippen LogP contribution in [0.15, 0.2) is 18.2 Å². The van der Waals surface area contributed by atoms with Gasteiger partial charge in [0, 0.05) is 0 Å². The lowest BCUT2D eigenvalue weighted by Crippen LogP contribution is -2.33. The molecule has 0 saturated carbocycles. The molecule has 1 saturated heterocycles. The van der Waals surface area contributed by atoms with Crippen molar-refractivity contribution in [3.05, 3.63) is 33.8 Å². The van der Waals surface area contributed by atoms with Gasteiger partial charge in [-0.15, -0.1) is 0 Å². The average Bonchev–Trinajstić information content (AvgIpc) is 2.36. The van der Waals surface area contributed by atoms with Gasteiger partial charge in [0.25, 0.3) is 0 Å². The summed E-state index contributed by atoms with van der Waals surface area (Å²) in [6.07, 6.45) is 3.59. The van der Waals surface area contributed by atoms with Gasteiger partial charge in [-0.25, -0.2) is 0 Å². The SMILES string of the molecule is N#C[C@@H](c1ccc(Cl)c(Cl)c1)N1CCCCC1. The van der Waals surface area contributed by atoms with Gasteiger partial charge in [0.05, 0.1) is 16.1 Å². The Bertz CT molecular complexity index is 434. The number of piperidine rings is 1. The van der Waals surface area contributed by atoms with Gasteiger partial charge in [-0.05, 0) is 43.6 Å². The molecule has 17 heavy (non-hydrogen) atoms. The highest BCUT2D eigenvalue weighted by Gasteiger charge is 2.22. The van der Waals surface area contributed by atoms with Crippen LogP contribution in [-0.2, 0) is 0 Å². The Morgan fingerprint density at radius 2 is 1.82 bits per heavy atom. The van der Waals surface area contributed by atoms with Crippen LogP contribution >= 0.6 is 23.2 Å². The third-order valence-corrected chi connectivity index (χ3v) is 3.88. The largest absolute Gasteiger partial charge is 0.284 e. The standard InChI is InChI=1S/C13H14Cl2N2/c14-11-5-4-10(8-12(11)15)13(9-16)17-6-2-1-3-7-17/h4-5,8,13H,1-3,6-7H2/t13-/m0/s1. The molecule has 2 nitrogen and oxygen atoms in total. The van der Waals surface area contributed by atoms with E-state index in [1.807, 2.05) is 6.07 Å². The minimum absolute atomic E-state index is 0.204.